The van der Waals surface area contributed by atoms with Crippen molar-refractivity contribution in [3.05, 3.63) is 79.4 Å². The van der Waals surface area contributed by atoms with Crippen LogP contribution in [0.1, 0.15) is 20.3 Å². The van der Waals surface area contributed by atoms with E-state index in [4.69, 9.17) is 0 Å². The Hall–Kier alpha value is -4.99. The van der Waals surface area contributed by atoms with E-state index in [9.17, 15) is 0 Å². The molecule has 6 heterocycles. The Bertz CT molecular complexity index is 1790. The molecule has 0 fully saturated rings. The van der Waals surface area contributed by atoms with E-state index in [1.807, 2.05) is 30.3 Å². The number of imidazole rings is 1. The monoisotopic (exact) mass is 505 g/mol. The fraction of sp³-hybridized carbons (Fsp3) is 0.143. The Morgan fingerprint density at radius 3 is 2.74 bits per heavy atom. The maximum absolute atomic E-state index is 16.1. The summed E-state index contributed by atoms with van der Waals surface area (Å²) in [5.74, 6) is 0.384. The van der Waals surface area contributed by atoms with Crippen molar-refractivity contribution in [3.63, 3.8) is 0 Å². The number of rotatable bonds is 7. The van der Waals surface area contributed by atoms with Gasteiger partial charge in [-0.25, -0.2) is 19.3 Å². The summed E-state index contributed by atoms with van der Waals surface area (Å²) in [4.78, 5) is 25.4. The van der Waals surface area contributed by atoms with Gasteiger partial charge < -0.3 is 10.3 Å². The molecule has 10 heteroatoms. The second kappa shape index (κ2) is 9.47. The number of H-pyrrole nitrogens is 2. The highest BCUT2D eigenvalue weighted by molar-refractivity contribution is 5.96. The molecule has 9 nitrogen and oxygen atoms in total. The van der Waals surface area contributed by atoms with Crippen LogP contribution in [0.25, 0.3) is 56.1 Å². The zero-order valence-electron chi connectivity index (χ0n) is 20.8. The largest absolute Gasteiger partial charge is 0.358 e. The van der Waals surface area contributed by atoms with E-state index in [1.54, 1.807) is 24.8 Å². The Labute approximate surface area is 217 Å². The average molecular weight is 506 g/mol. The van der Waals surface area contributed by atoms with Gasteiger partial charge in [0.25, 0.3) is 0 Å². The normalized spacial score (nSPS) is 11.5. The number of allylic oxidation sites excluding steroid dienone is 1. The predicted molar refractivity (Wildman–Crippen MR) is 145 cm³/mol. The number of hydrogen-bond acceptors (Lipinski definition) is 7. The van der Waals surface area contributed by atoms with Gasteiger partial charge in [0.15, 0.2) is 17.1 Å². The first-order valence-corrected chi connectivity index (χ1v) is 12.2. The molecule has 0 saturated carbocycles. The zero-order chi connectivity index (χ0) is 26.2. The molecule has 0 aliphatic carbocycles. The van der Waals surface area contributed by atoms with Crippen LogP contribution in [-0.4, -0.2) is 40.1 Å². The maximum atomic E-state index is 16.1. The molecule has 0 spiro atoms. The lowest BCUT2D eigenvalue weighted by atomic mass is 10.1. The van der Waals surface area contributed by atoms with Crippen LogP contribution in [0.15, 0.2) is 73.6 Å². The molecule has 0 aromatic carbocycles. The molecule has 3 N–H and O–H groups in total. The summed E-state index contributed by atoms with van der Waals surface area (Å²) < 4.78 is 16.1. The topological polar surface area (TPSA) is 121 Å². The van der Waals surface area contributed by atoms with Crippen molar-refractivity contribution in [2.75, 3.05) is 5.32 Å². The van der Waals surface area contributed by atoms with Gasteiger partial charge in [-0.2, -0.15) is 5.10 Å². The van der Waals surface area contributed by atoms with E-state index in [1.165, 1.54) is 6.20 Å². The molecule has 0 aliphatic heterocycles. The lowest BCUT2D eigenvalue weighted by Crippen LogP contribution is -2.02. The number of nitrogens with zero attached hydrogens (tertiary/aromatic N) is 6. The lowest BCUT2D eigenvalue weighted by molar-refractivity contribution is 0.642. The number of anilines is 1. The van der Waals surface area contributed by atoms with Gasteiger partial charge in [0, 0.05) is 47.2 Å². The molecule has 0 unspecified atom stereocenters. The van der Waals surface area contributed by atoms with E-state index in [0.717, 1.165) is 29.1 Å². The predicted octanol–water partition coefficient (Wildman–Crippen LogP) is 6.13. The van der Waals surface area contributed by atoms with Crippen LogP contribution in [-0.2, 0) is 0 Å². The van der Waals surface area contributed by atoms with Gasteiger partial charge in [0.2, 0.25) is 0 Å². The van der Waals surface area contributed by atoms with Gasteiger partial charge in [-0.15, -0.1) is 0 Å². The van der Waals surface area contributed by atoms with E-state index in [0.29, 0.717) is 39.7 Å². The van der Waals surface area contributed by atoms with Crippen molar-refractivity contribution in [2.24, 2.45) is 5.92 Å². The minimum absolute atomic E-state index is 0.225. The molecular formula is C28H24FN9. The quantitative estimate of drug-likeness (QED) is 0.239. The van der Waals surface area contributed by atoms with Crippen LogP contribution in [0.2, 0.25) is 0 Å². The molecule has 6 rings (SSSR count). The minimum Gasteiger partial charge on any atom is -0.358 e. The Balaban J connectivity index is 1.42. The molecule has 6 aromatic heterocycles. The number of aromatic amines is 2. The SMILES string of the molecule is C=C(CC(C)C)Nc1cncc(-c2cnc3n[nH]c(-c4nc5nccc(-c6ccccn6)c5[nH]4)c3c2F)c1. The number of halogens is 1. The first-order chi connectivity index (χ1) is 18.5. The molecule has 0 atom stereocenters. The molecule has 188 valence electrons. The third-order valence-electron chi connectivity index (χ3n) is 6.11. The molecule has 0 saturated heterocycles. The van der Waals surface area contributed by atoms with Crippen LogP contribution < -0.4 is 5.32 Å². The zero-order valence-corrected chi connectivity index (χ0v) is 20.8. The van der Waals surface area contributed by atoms with Crippen LogP contribution in [0.5, 0.6) is 0 Å². The molecule has 0 amide bonds. The Kier molecular flexibility index (Phi) is 5.83. The first kappa shape index (κ1) is 23.4. The van der Waals surface area contributed by atoms with E-state index >= 15 is 4.39 Å². The van der Waals surface area contributed by atoms with Crippen molar-refractivity contribution in [1.82, 2.24) is 40.1 Å². The highest BCUT2D eigenvalue weighted by Crippen LogP contribution is 2.34. The lowest BCUT2D eigenvalue weighted by Gasteiger charge is -2.12. The summed E-state index contributed by atoms with van der Waals surface area (Å²) in [6.45, 7) is 8.32. The molecule has 0 bridgehead atoms. The summed E-state index contributed by atoms with van der Waals surface area (Å²) in [7, 11) is 0. The number of nitrogens with one attached hydrogen (secondary N) is 3. The highest BCUT2D eigenvalue weighted by Gasteiger charge is 2.21. The third kappa shape index (κ3) is 4.26. The standard InChI is InChI=1S/C28H24FN9/c1-15(2)10-16(3)34-18-11-17(12-30-13-18)20-14-33-26-22(23(20)29)25(37-38-26)28-35-24-19(7-9-32-27(24)36-28)21-6-4-5-8-31-21/h4-9,11-15,34H,3,10H2,1-2H3,(H,32,35,36)(H,33,37,38). The van der Waals surface area contributed by atoms with Crippen molar-refractivity contribution < 1.29 is 4.39 Å². The van der Waals surface area contributed by atoms with E-state index in [2.05, 4.69) is 65.8 Å². The van der Waals surface area contributed by atoms with Crippen LogP contribution in [0, 0.1) is 11.7 Å². The number of fused-ring (bicyclic) bond motifs is 2. The number of pyridine rings is 4. The maximum Gasteiger partial charge on any atom is 0.184 e. The summed E-state index contributed by atoms with van der Waals surface area (Å²) in [6.07, 6.45) is 8.97. The van der Waals surface area contributed by atoms with Gasteiger partial charge in [0.05, 0.1) is 28.5 Å². The number of hydrogen-bond donors (Lipinski definition) is 3. The second-order valence-electron chi connectivity index (χ2n) is 9.43. The number of aromatic nitrogens is 8. The second-order valence-corrected chi connectivity index (χ2v) is 9.43. The average Bonchev–Trinajstić information content (AvgIpc) is 3.54. The van der Waals surface area contributed by atoms with Gasteiger partial charge in [-0.1, -0.05) is 26.5 Å². The van der Waals surface area contributed by atoms with Gasteiger partial charge in [-0.05, 0) is 36.6 Å². The summed E-state index contributed by atoms with van der Waals surface area (Å²) in [5, 5.41) is 10.6. The molecule has 6 aromatic rings. The van der Waals surface area contributed by atoms with Crippen molar-refractivity contribution in [3.8, 4) is 33.9 Å². The van der Waals surface area contributed by atoms with E-state index < -0.39 is 5.82 Å². The van der Waals surface area contributed by atoms with Crippen LogP contribution in [0.3, 0.4) is 0 Å². The van der Waals surface area contributed by atoms with E-state index in [-0.39, 0.29) is 11.0 Å². The highest BCUT2D eigenvalue weighted by atomic mass is 19.1. The smallest absolute Gasteiger partial charge is 0.184 e. The summed E-state index contributed by atoms with van der Waals surface area (Å²) in [5.41, 5.74) is 5.89. The third-order valence-corrected chi connectivity index (χ3v) is 6.11. The molecule has 0 radical (unpaired) electrons. The first-order valence-electron chi connectivity index (χ1n) is 12.2. The van der Waals surface area contributed by atoms with Crippen LogP contribution >= 0.6 is 0 Å². The van der Waals surface area contributed by atoms with Crippen molar-refractivity contribution >= 4 is 27.9 Å². The summed E-state index contributed by atoms with van der Waals surface area (Å²) in [6, 6.07) is 9.37. The van der Waals surface area contributed by atoms with Gasteiger partial charge in [0.1, 0.15) is 11.5 Å². The fourth-order valence-corrected chi connectivity index (χ4v) is 4.49. The summed E-state index contributed by atoms with van der Waals surface area (Å²) >= 11 is 0. The van der Waals surface area contributed by atoms with Crippen molar-refractivity contribution in [1.29, 1.82) is 0 Å². The molecule has 38 heavy (non-hydrogen) atoms. The fourth-order valence-electron chi connectivity index (χ4n) is 4.49. The van der Waals surface area contributed by atoms with Gasteiger partial charge in [-0.3, -0.25) is 15.1 Å². The van der Waals surface area contributed by atoms with Gasteiger partial charge >= 0.3 is 0 Å². The van der Waals surface area contributed by atoms with Crippen LogP contribution in [0.4, 0.5) is 10.1 Å². The Morgan fingerprint density at radius 2 is 1.92 bits per heavy atom. The van der Waals surface area contributed by atoms with Crippen molar-refractivity contribution in [2.45, 2.75) is 20.3 Å². The molecule has 0 aliphatic rings. The molecular weight excluding hydrogens is 481 g/mol. The minimum atomic E-state index is -0.475. The Morgan fingerprint density at radius 1 is 1.03 bits per heavy atom.